The van der Waals surface area contributed by atoms with Crippen molar-refractivity contribution in [1.82, 2.24) is 5.32 Å². The SMILES string of the molecule is COc1cc(C)c(CNC(C)(C)CCO)cc1C. The zero-order valence-corrected chi connectivity index (χ0v) is 12.1. The van der Waals surface area contributed by atoms with Gasteiger partial charge in [-0.2, -0.15) is 0 Å². The van der Waals surface area contributed by atoms with Crippen molar-refractivity contribution in [3.05, 3.63) is 28.8 Å². The van der Waals surface area contributed by atoms with Gasteiger partial charge in [-0.25, -0.2) is 0 Å². The molecule has 0 unspecified atom stereocenters. The van der Waals surface area contributed by atoms with Crippen LogP contribution in [0.5, 0.6) is 5.75 Å². The van der Waals surface area contributed by atoms with Gasteiger partial charge in [-0.1, -0.05) is 6.07 Å². The van der Waals surface area contributed by atoms with Gasteiger partial charge in [-0.15, -0.1) is 0 Å². The second-order valence-corrected chi connectivity index (χ2v) is 5.46. The van der Waals surface area contributed by atoms with Crippen LogP contribution in [0.15, 0.2) is 12.1 Å². The maximum absolute atomic E-state index is 9.01. The van der Waals surface area contributed by atoms with Crippen LogP contribution < -0.4 is 10.1 Å². The lowest BCUT2D eigenvalue weighted by Crippen LogP contribution is -2.39. The first-order valence-electron chi connectivity index (χ1n) is 6.39. The second kappa shape index (κ2) is 6.21. The van der Waals surface area contributed by atoms with E-state index in [9.17, 15) is 0 Å². The maximum atomic E-state index is 9.01. The number of benzene rings is 1. The largest absolute Gasteiger partial charge is 0.496 e. The number of nitrogens with one attached hydrogen (secondary N) is 1. The monoisotopic (exact) mass is 251 g/mol. The van der Waals surface area contributed by atoms with Crippen LogP contribution in [0.2, 0.25) is 0 Å². The molecule has 3 nitrogen and oxygen atoms in total. The fraction of sp³-hybridized carbons (Fsp3) is 0.600. The average Bonchev–Trinajstić information content (AvgIpc) is 2.29. The highest BCUT2D eigenvalue weighted by atomic mass is 16.5. The van der Waals surface area contributed by atoms with Crippen molar-refractivity contribution in [2.24, 2.45) is 0 Å². The Kier molecular flexibility index (Phi) is 5.17. The first kappa shape index (κ1) is 15.0. The molecule has 0 saturated heterocycles. The van der Waals surface area contributed by atoms with Gasteiger partial charge in [0.15, 0.2) is 0 Å². The summed E-state index contributed by atoms with van der Waals surface area (Å²) in [6.07, 6.45) is 0.751. The predicted molar refractivity (Wildman–Crippen MR) is 75.1 cm³/mol. The summed E-state index contributed by atoms with van der Waals surface area (Å²) in [5.74, 6) is 0.936. The second-order valence-electron chi connectivity index (χ2n) is 5.46. The molecule has 3 heteroatoms. The van der Waals surface area contributed by atoms with Crippen molar-refractivity contribution in [3.8, 4) is 5.75 Å². The minimum Gasteiger partial charge on any atom is -0.496 e. The number of ether oxygens (including phenoxy) is 1. The van der Waals surface area contributed by atoms with Crippen molar-refractivity contribution in [1.29, 1.82) is 0 Å². The zero-order chi connectivity index (χ0) is 13.8. The third-order valence-electron chi connectivity index (χ3n) is 3.35. The van der Waals surface area contributed by atoms with E-state index in [1.54, 1.807) is 7.11 Å². The molecule has 0 aliphatic heterocycles. The number of hydrogen-bond donors (Lipinski definition) is 2. The molecule has 0 aliphatic rings. The number of methoxy groups -OCH3 is 1. The number of aryl methyl sites for hydroxylation is 2. The number of hydrogen-bond acceptors (Lipinski definition) is 3. The molecule has 0 fully saturated rings. The third-order valence-corrected chi connectivity index (χ3v) is 3.35. The van der Waals surface area contributed by atoms with Gasteiger partial charge in [-0.3, -0.25) is 0 Å². The average molecular weight is 251 g/mol. The van der Waals surface area contributed by atoms with Crippen LogP contribution in [0, 0.1) is 13.8 Å². The van der Waals surface area contributed by atoms with Gasteiger partial charge in [0, 0.05) is 18.7 Å². The van der Waals surface area contributed by atoms with E-state index in [2.05, 4.69) is 45.1 Å². The van der Waals surface area contributed by atoms with Crippen molar-refractivity contribution in [2.75, 3.05) is 13.7 Å². The van der Waals surface area contributed by atoms with Crippen LogP contribution in [0.1, 0.15) is 37.0 Å². The van der Waals surface area contributed by atoms with Crippen LogP contribution in [0.3, 0.4) is 0 Å². The van der Waals surface area contributed by atoms with E-state index < -0.39 is 0 Å². The lowest BCUT2D eigenvalue weighted by Gasteiger charge is -2.26. The maximum Gasteiger partial charge on any atom is 0.122 e. The molecule has 0 saturated carbocycles. The summed E-state index contributed by atoms with van der Waals surface area (Å²) in [5, 5.41) is 12.5. The van der Waals surface area contributed by atoms with Gasteiger partial charge >= 0.3 is 0 Å². The molecule has 0 aromatic heterocycles. The predicted octanol–water partition coefficient (Wildman–Crippen LogP) is 2.56. The fourth-order valence-electron chi connectivity index (χ4n) is 1.96. The van der Waals surface area contributed by atoms with Gasteiger partial charge in [0.1, 0.15) is 5.75 Å². The zero-order valence-electron chi connectivity index (χ0n) is 12.1. The van der Waals surface area contributed by atoms with Crippen molar-refractivity contribution in [3.63, 3.8) is 0 Å². The molecule has 18 heavy (non-hydrogen) atoms. The Labute approximate surface area is 110 Å². The van der Waals surface area contributed by atoms with E-state index in [1.807, 2.05) is 0 Å². The van der Waals surface area contributed by atoms with Gasteiger partial charge in [0.2, 0.25) is 0 Å². The normalized spacial score (nSPS) is 11.7. The van der Waals surface area contributed by atoms with E-state index >= 15 is 0 Å². The molecule has 0 atom stereocenters. The molecule has 0 radical (unpaired) electrons. The highest BCUT2D eigenvalue weighted by Crippen LogP contribution is 2.23. The Balaban J connectivity index is 2.77. The molecular formula is C15H25NO2. The minimum absolute atomic E-state index is 0.0466. The van der Waals surface area contributed by atoms with E-state index in [4.69, 9.17) is 9.84 Å². The molecule has 0 spiro atoms. The van der Waals surface area contributed by atoms with Crippen molar-refractivity contribution in [2.45, 2.75) is 46.2 Å². The summed E-state index contributed by atoms with van der Waals surface area (Å²) in [6, 6.07) is 4.24. The molecule has 0 heterocycles. The Hall–Kier alpha value is -1.06. The molecule has 102 valence electrons. The Morgan fingerprint density at radius 1 is 1.22 bits per heavy atom. The Morgan fingerprint density at radius 3 is 2.44 bits per heavy atom. The summed E-state index contributed by atoms with van der Waals surface area (Å²) in [6.45, 7) is 9.38. The quantitative estimate of drug-likeness (QED) is 0.816. The van der Waals surface area contributed by atoms with Gasteiger partial charge < -0.3 is 15.2 Å². The van der Waals surface area contributed by atoms with E-state index in [0.29, 0.717) is 0 Å². The van der Waals surface area contributed by atoms with Crippen LogP contribution in [0.25, 0.3) is 0 Å². The van der Waals surface area contributed by atoms with Crippen molar-refractivity contribution < 1.29 is 9.84 Å². The standard InChI is InChI=1S/C15H25NO2/c1-11-9-14(18-5)12(2)8-13(11)10-16-15(3,4)6-7-17/h8-9,16-17H,6-7,10H2,1-5H3. The molecule has 0 aliphatic carbocycles. The molecule has 1 rings (SSSR count). The van der Waals surface area contributed by atoms with Crippen LogP contribution in [0.4, 0.5) is 0 Å². The van der Waals surface area contributed by atoms with Gasteiger partial charge in [0.25, 0.3) is 0 Å². The van der Waals surface area contributed by atoms with Crippen LogP contribution >= 0.6 is 0 Å². The van der Waals surface area contributed by atoms with Gasteiger partial charge in [0.05, 0.1) is 7.11 Å². The van der Waals surface area contributed by atoms with Crippen LogP contribution in [-0.4, -0.2) is 24.4 Å². The highest BCUT2D eigenvalue weighted by molar-refractivity contribution is 5.41. The van der Waals surface area contributed by atoms with E-state index in [-0.39, 0.29) is 12.1 Å². The first-order chi connectivity index (χ1) is 8.39. The summed E-state index contributed by atoms with van der Waals surface area (Å²) < 4.78 is 5.31. The Bertz CT molecular complexity index is 400. The number of rotatable bonds is 6. The first-order valence-corrected chi connectivity index (χ1v) is 6.39. The molecule has 2 N–H and O–H groups in total. The molecule has 1 aromatic carbocycles. The number of aliphatic hydroxyl groups excluding tert-OH is 1. The Morgan fingerprint density at radius 2 is 1.89 bits per heavy atom. The minimum atomic E-state index is -0.0466. The third kappa shape index (κ3) is 4.00. The van der Waals surface area contributed by atoms with Gasteiger partial charge in [-0.05, 0) is 56.9 Å². The highest BCUT2D eigenvalue weighted by Gasteiger charge is 2.16. The summed E-state index contributed by atoms with van der Waals surface area (Å²) in [4.78, 5) is 0. The number of aliphatic hydroxyl groups is 1. The lowest BCUT2D eigenvalue weighted by atomic mass is 9.99. The summed E-state index contributed by atoms with van der Waals surface area (Å²) in [5.41, 5.74) is 3.61. The van der Waals surface area contributed by atoms with E-state index in [0.717, 1.165) is 24.3 Å². The smallest absolute Gasteiger partial charge is 0.122 e. The summed E-state index contributed by atoms with van der Waals surface area (Å²) >= 11 is 0. The van der Waals surface area contributed by atoms with Crippen LogP contribution in [-0.2, 0) is 6.54 Å². The van der Waals surface area contributed by atoms with E-state index in [1.165, 1.54) is 11.1 Å². The molecule has 0 amide bonds. The molecular weight excluding hydrogens is 226 g/mol. The fourth-order valence-corrected chi connectivity index (χ4v) is 1.96. The topological polar surface area (TPSA) is 41.5 Å². The molecule has 1 aromatic rings. The van der Waals surface area contributed by atoms with Crippen molar-refractivity contribution >= 4 is 0 Å². The lowest BCUT2D eigenvalue weighted by molar-refractivity contribution is 0.230. The molecule has 0 bridgehead atoms. The summed E-state index contributed by atoms with van der Waals surface area (Å²) in [7, 11) is 1.70.